The maximum atomic E-state index is 12.3. The summed E-state index contributed by atoms with van der Waals surface area (Å²) in [6, 6.07) is 3.89. The first kappa shape index (κ1) is 19.1. The van der Waals surface area contributed by atoms with Crippen LogP contribution in [0, 0.1) is 6.92 Å². The predicted octanol–water partition coefficient (Wildman–Crippen LogP) is 3.22. The minimum atomic E-state index is -4.46. The van der Waals surface area contributed by atoms with Crippen molar-refractivity contribution in [3.63, 3.8) is 0 Å². The van der Waals surface area contributed by atoms with Gasteiger partial charge < -0.3 is 20.5 Å². The number of rotatable bonds is 7. The number of alkyl halides is 3. The van der Waals surface area contributed by atoms with E-state index in [4.69, 9.17) is 4.74 Å². The molecule has 0 aliphatic carbocycles. The topological polar surface area (TPSA) is 70.6 Å². The molecule has 0 saturated heterocycles. The smallest absolute Gasteiger partial charge is 0.422 e. The zero-order valence-electron chi connectivity index (χ0n) is 13.0. The summed E-state index contributed by atoms with van der Waals surface area (Å²) in [7, 11) is 0. The Morgan fingerprint density at radius 1 is 1.39 bits per heavy atom. The van der Waals surface area contributed by atoms with Gasteiger partial charge in [0.2, 0.25) is 0 Å². The molecule has 0 radical (unpaired) electrons. The number of aliphatic hydroxyl groups is 1. The number of amides is 2. The van der Waals surface area contributed by atoms with Crippen molar-refractivity contribution in [2.75, 3.05) is 18.5 Å². The first-order valence-electron chi connectivity index (χ1n) is 7.24. The van der Waals surface area contributed by atoms with Crippen LogP contribution in [0.1, 0.15) is 25.3 Å². The summed E-state index contributed by atoms with van der Waals surface area (Å²) in [5.41, 5.74) is 0.828. The zero-order chi connectivity index (χ0) is 17.5. The molecule has 1 aromatic rings. The highest BCUT2D eigenvalue weighted by atomic mass is 19.4. The molecule has 0 saturated carbocycles. The maximum absolute atomic E-state index is 12.3. The Morgan fingerprint density at radius 3 is 2.70 bits per heavy atom. The van der Waals surface area contributed by atoms with E-state index in [2.05, 4.69) is 10.6 Å². The van der Waals surface area contributed by atoms with Gasteiger partial charge >= 0.3 is 12.2 Å². The van der Waals surface area contributed by atoms with E-state index in [0.717, 1.165) is 6.42 Å². The third-order valence-corrected chi connectivity index (χ3v) is 2.90. The lowest BCUT2D eigenvalue weighted by Crippen LogP contribution is -2.35. The number of aryl methyl sites for hydroxylation is 1. The van der Waals surface area contributed by atoms with Crippen LogP contribution in [0.4, 0.5) is 23.7 Å². The van der Waals surface area contributed by atoms with Gasteiger partial charge in [0.05, 0.1) is 11.8 Å². The third kappa shape index (κ3) is 7.73. The monoisotopic (exact) mass is 334 g/mol. The van der Waals surface area contributed by atoms with Crippen LogP contribution in [0.15, 0.2) is 18.2 Å². The van der Waals surface area contributed by atoms with Crippen LogP contribution < -0.4 is 15.4 Å². The van der Waals surface area contributed by atoms with Crippen molar-refractivity contribution in [3.8, 4) is 5.75 Å². The number of nitrogens with one attached hydrogen (secondary N) is 2. The highest BCUT2D eigenvalue weighted by Crippen LogP contribution is 2.27. The summed E-state index contributed by atoms with van der Waals surface area (Å²) in [5, 5.41) is 14.4. The number of benzene rings is 1. The summed E-state index contributed by atoms with van der Waals surface area (Å²) in [6.07, 6.45) is -3.81. The highest BCUT2D eigenvalue weighted by Gasteiger charge is 2.29. The molecular formula is C15H21F3N2O3. The molecule has 0 spiro atoms. The average Bonchev–Trinajstić information content (AvgIpc) is 2.45. The number of anilines is 1. The minimum absolute atomic E-state index is 0.0598. The van der Waals surface area contributed by atoms with E-state index < -0.39 is 24.9 Å². The van der Waals surface area contributed by atoms with E-state index in [9.17, 15) is 23.1 Å². The van der Waals surface area contributed by atoms with Gasteiger partial charge in [-0.05, 0) is 31.0 Å². The van der Waals surface area contributed by atoms with Crippen molar-refractivity contribution >= 4 is 11.7 Å². The molecule has 1 unspecified atom stereocenters. The van der Waals surface area contributed by atoms with E-state index in [-0.39, 0.29) is 18.0 Å². The molecule has 5 nitrogen and oxygen atoms in total. The third-order valence-electron chi connectivity index (χ3n) is 2.90. The summed E-state index contributed by atoms with van der Waals surface area (Å²) < 4.78 is 41.5. The molecule has 23 heavy (non-hydrogen) atoms. The fourth-order valence-electron chi connectivity index (χ4n) is 1.82. The summed E-state index contributed by atoms with van der Waals surface area (Å²) in [6.45, 7) is 2.22. The normalized spacial score (nSPS) is 12.6. The quantitative estimate of drug-likeness (QED) is 0.717. The number of urea groups is 1. The van der Waals surface area contributed by atoms with Crippen LogP contribution >= 0.6 is 0 Å². The van der Waals surface area contributed by atoms with Crippen molar-refractivity contribution in [1.29, 1.82) is 0 Å². The molecule has 1 atom stereocenters. The largest absolute Gasteiger partial charge is 0.482 e. The van der Waals surface area contributed by atoms with Crippen LogP contribution in [0.2, 0.25) is 0 Å². The molecule has 0 aliphatic rings. The predicted molar refractivity (Wildman–Crippen MR) is 80.7 cm³/mol. The molecule has 0 fully saturated rings. The first-order valence-corrected chi connectivity index (χ1v) is 7.24. The maximum Gasteiger partial charge on any atom is 0.422 e. The van der Waals surface area contributed by atoms with Gasteiger partial charge in [-0.25, -0.2) is 4.79 Å². The Hall–Kier alpha value is -1.96. The molecule has 2 amide bonds. The van der Waals surface area contributed by atoms with Gasteiger partial charge in [0.15, 0.2) is 6.61 Å². The van der Waals surface area contributed by atoms with Crippen LogP contribution in [0.25, 0.3) is 0 Å². The number of aliphatic hydroxyl groups excluding tert-OH is 1. The minimum Gasteiger partial charge on any atom is -0.482 e. The number of ether oxygens (including phenoxy) is 1. The first-order chi connectivity index (χ1) is 10.7. The second kappa shape index (κ2) is 8.61. The Bertz CT molecular complexity index is 521. The molecule has 0 heterocycles. The van der Waals surface area contributed by atoms with Crippen LogP contribution in [-0.2, 0) is 0 Å². The molecule has 8 heteroatoms. The van der Waals surface area contributed by atoms with E-state index in [1.807, 2.05) is 6.92 Å². The molecule has 3 N–H and O–H groups in total. The lowest BCUT2D eigenvalue weighted by atomic mass is 10.2. The average molecular weight is 334 g/mol. The highest BCUT2D eigenvalue weighted by molar-refractivity contribution is 5.91. The van der Waals surface area contributed by atoms with Crippen molar-refractivity contribution < 1.29 is 27.8 Å². The number of hydrogen-bond acceptors (Lipinski definition) is 3. The van der Waals surface area contributed by atoms with Crippen molar-refractivity contribution in [3.05, 3.63) is 23.8 Å². The molecule has 0 aromatic heterocycles. The van der Waals surface area contributed by atoms with Crippen LogP contribution in [0.3, 0.4) is 0 Å². The van der Waals surface area contributed by atoms with E-state index in [0.29, 0.717) is 12.0 Å². The van der Waals surface area contributed by atoms with Crippen LogP contribution in [-0.4, -0.2) is 36.6 Å². The second-order valence-electron chi connectivity index (χ2n) is 5.18. The zero-order valence-corrected chi connectivity index (χ0v) is 13.0. The Balaban J connectivity index is 2.66. The van der Waals surface area contributed by atoms with Crippen LogP contribution in [0.5, 0.6) is 5.75 Å². The van der Waals surface area contributed by atoms with Gasteiger partial charge in [0.25, 0.3) is 0 Å². The fraction of sp³-hybridized carbons (Fsp3) is 0.533. The van der Waals surface area contributed by atoms with Gasteiger partial charge in [-0.2, -0.15) is 13.2 Å². The van der Waals surface area contributed by atoms with E-state index in [1.54, 1.807) is 13.0 Å². The van der Waals surface area contributed by atoms with Gasteiger partial charge in [0.1, 0.15) is 5.75 Å². The molecule has 0 bridgehead atoms. The van der Waals surface area contributed by atoms with Gasteiger partial charge in [-0.1, -0.05) is 19.4 Å². The number of hydrogen-bond donors (Lipinski definition) is 3. The lowest BCUT2D eigenvalue weighted by molar-refractivity contribution is -0.153. The summed E-state index contributed by atoms with van der Waals surface area (Å²) >= 11 is 0. The Kier molecular flexibility index (Phi) is 7.15. The Morgan fingerprint density at radius 2 is 2.09 bits per heavy atom. The van der Waals surface area contributed by atoms with Crippen molar-refractivity contribution in [1.82, 2.24) is 5.32 Å². The SMILES string of the molecule is CCCC(O)CNC(=O)Nc1ccc(C)cc1OCC(F)(F)F. The standard InChI is InChI=1S/C15H21F3N2O3/c1-3-4-11(21)8-19-14(22)20-12-6-5-10(2)7-13(12)23-9-15(16,17)18/h5-7,11,21H,3-4,8-9H2,1-2H3,(H2,19,20,22). The van der Waals surface area contributed by atoms with E-state index in [1.165, 1.54) is 12.1 Å². The van der Waals surface area contributed by atoms with Crippen molar-refractivity contribution in [2.24, 2.45) is 0 Å². The van der Waals surface area contributed by atoms with Gasteiger partial charge in [-0.3, -0.25) is 0 Å². The molecule has 1 rings (SSSR count). The van der Waals surface area contributed by atoms with Crippen molar-refractivity contribution in [2.45, 2.75) is 39.0 Å². The Labute approximate surface area is 132 Å². The lowest BCUT2D eigenvalue weighted by Gasteiger charge is -2.16. The number of carbonyl (C=O) groups is 1. The van der Waals surface area contributed by atoms with Gasteiger partial charge in [0, 0.05) is 6.54 Å². The fourth-order valence-corrected chi connectivity index (χ4v) is 1.82. The second-order valence-corrected chi connectivity index (χ2v) is 5.18. The summed E-state index contributed by atoms with van der Waals surface area (Å²) in [5.74, 6) is -0.0634. The molecule has 0 aliphatic heterocycles. The number of carbonyl (C=O) groups excluding carboxylic acids is 1. The molecule has 130 valence electrons. The molecule has 1 aromatic carbocycles. The molecular weight excluding hydrogens is 313 g/mol. The summed E-state index contributed by atoms with van der Waals surface area (Å²) in [4.78, 5) is 11.7. The number of halogens is 3. The van der Waals surface area contributed by atoms with E-state index >= 15 is 0 Å². The van der Waals surface area contributed by atoms with Gasteiger partial charge in [-0.15, -0.1) is 0 Å².